The smallest absolute Gasteiger partial charge is 0.282 e. The summed E-state index contributed by atoms with van der Waals surface area (Å²) in [6.45, 7) is 1.81. The largest absolute Gasteiger partial charge is 0.349 e. The number of benzene rings is 1. The third kappa shape index (κ3) is 3.33. The third-order valence-corrected chi connectivity index (χ3v) is 3.70. The summed E-state index contributed by atoms with van der Waals surface area (Å²) in [5.41, 5.74) is 6.62. The molecule has 0 heterocycles. The van der Waals surface area contributed by atoms with Gasteiger partial charge in [-0.3, -0.25) is 14.9 Å². The van der Waals surface area contributed by atoms with Gasteiger partial charge >= 0.3 is 0 Å². The molecule has 0 aromatic heterocycles. The van der Waals surface area contributed by atoms with Crippen LogP contribution in [-0.4, -0.2) is 22.9 Å². The zero-order valence-corrected chi connectivity index (χ0v) is 11.5. The van der Waals surface area contributed by atoms with Crippen LogP contribution in [0.3, 0.4) is 0 Å². The number of nitrogens with zero attached hydrogens (tertiary/aromatic N) is 1. The van der Waals surface area contributed by atoms with Crippen LogP contribution in [-0.2, 0) is 0 Å². The van der Waals surface area contributed by atoms with Crippen LogP contribution in [0.15, 0.2) is 18.2 Å². The third-order valence-electron chi connectivity index (χ3n) is 3.70. The summed E-state index contributed by atoms with van der Waals surface area (Å²) < 4.78 is 0. The molecular weight excluding hydrogens is 258 g/mol. The molecule has 6 heteroatoms. The lowest BCUT2D eigenvalue weighted by Gasteiger charge is -2.26. The highest BCUT2D eigenvalue weighted by atomic mass is 16.6. The Kier molecular flexibility index (Phi) is 4.34. The van der Waals surface area contributed by atoms with Crippen LogP contribution in [0.4, 0.5) is 5.69 Å². The normalized spacial score (nSPS) is 22.3. The Hall–Kier alpha value is -1.95. The molecule has 1 aliphatic rings. The van der Waals surface area contributed by atoms with Crippen LogP contribution in [0.2, 0.25) is 0 Å². The highest BCUT2D eigenvalue weighted by molar-refractivity contribution is 5.98. The van der Waals surface area contributed by atoms with Crippen LogP contribution >= 0.6 is 0 Å². The summed E-state index contributed by atoms with van der Waals surface area (Å²) in [4.78, 5) is 22.7. The van der Waals surface area contributed by atoms with E-state index in [0.717, 1.165) is 31.2 Å². The molecule has 0 saturated heterocycles. The van der Waals surface area contributed by atoms with E-state index in [-0.39, 0.29) is 29.2 Å². The van der Waals surface area contributed by atoms with Gasteiger partial charge in [-0.25, -0.2) is 0 Å². The summed E-state index contributed by atoms with van der Waals surface area (Å²) in [5.74, 6) is -0.374. The van der Waals surface area contributed by atoms with Crippen molar-refractivity contribution >= 4 is 11.6 Å². The monoisotopic (exact) mass is 277 g/mol. The molecule has 1 saturated carbocycles. The lowest BCUT2D eigenvalue weighted by atomic mass is 9.91. The van der Waals surface area contributed by atoms with Crippen molar-refractivity contribution in [1.82, 2.24) is 5.32 Å². The van der Waals surface area contributed by atoms with Crippen molar-refractivity contribution in [2.24, 2.45) is 5.73 Å². The van der Waals surface area contributed by atoms with E-state index in [0.29, 0.717) is 0 Å². The quantitative estimate of drug-likeness (QED) is 0.651. The fourth-order valence-corrected chi connectivity index (χ4v) is 2.52. The van der Waals surface area contributed by atoms with Crippen molar-refractivity contribution in [3.05, 3.63) is 39.4 Å². The lowest BCUT2D eigenvalue weighted by molar-refractivity contribution is -0.385. The molecule has 1 fully saturated rings. The predicted molar refractivity (Wildman–Crippen MR) is 75.5 cm³/mol. The van der Waals surface area contributed by atoms with Crippen LogP contribution in [0.25, 0.3) is 0 Å². The molecule has 1 amide bonds. The number of hydrogen-bond acceptors (Lipinski definition) is 4. The number of carbonyl (C=O) groups is 1. The van der Waals surface area contributed by atoms with Gasteiger partial charge in [-0.05, 0) is 44.2 Å². The fourth-order valence-electron chi connectivity index (χ4n) is 2.52. The number of aryl methyl sites for hydroxylation is 1. The first-order valence-electron chi connectivity index (χ1n) is 6.79. The number of nitro benzene ring substituents is 1. The highest BCUT2D eigenvalue weighted by Crippen LogP contribution is 2.22. The van der Waals surface area contributed by atoms with E-state index in [1.54, 1.807) is 19.1 Å². The van der Waals surface area contributed by atoms with Gasteiger partial charge in [-0.15, -0.1) is 0 Å². The standard InChI is InChI=1S/C14H19N3O3/c1-9-2-7-13(17(19)20)12(8-9)14(18)16-11-5-3-10(15)4-6-11/h2,7-8,10-11H,3-6,15H2,1H3,(H,16,18). The molecule has 1 aliphatic carbocycles. The second-order valence-corrected chi connectivity index (χ2v) is 5.36. The molecule has 0 bridgehead atoms. The fraction of sp³-hybridized carbons (Fsp3) is 0.500. The van der Waals surface area contributed by atoms with E-state index in [1.165, 1.54) is 6.07 Å². The second-order valence-electron chi connectivity index (χ2n) is 5.36. The maximum absolute atomic E-state index is 12.2. The zero-order chi connectivity index (χ0) is 14.7. The van der Waals surface area contributed by atoms with Gasteiger partial charge < -0.3 is 11.1 Å². The van der Waals surface area contributed by atoms with Crippen LogP contribution in [0.5, 0.6) is 0 Å². The number of hydrogen-bond donors (Lipinski definition) is 2. The number of nitro groups is 1. The number of rotatable bonds is 3. The molecule has 0 radical (unpaired) electrons. The second kappa shape index (κ2) is 6.00. The van der Waals surface area contributed by atoms with E-state index in [4.69, 9.17) is 5.73 Å². The van der Waals surface area contributed by atoms with Crippen molar-refractivity contribution in [3.8, 4) is 0 Å². The Morgan fingerprint density at radius 1 is 1.35 bits per heavy atom. The molecule has 2 rings (SSSR count). The minimum Gasteiger partial charge on any atom is -0.349 e. The number of nitrogens with one attached hydrogen (secondary N) is 1. The Bertz CT molecular complexity index is 522. The van der Waals surface area contributed by atoms with Gasteiger partial charge in [-0.1, -0.05) is 6.07 Å². The molecule has 0 spiro atoms. The first kappa shape index (κ1) is 14.5. The average Bonchev–Trinajstić information content (AvgIpc) is 2.41. The van der Waals surface area contributed by atoms with Crippen molar-refractivity contribution in [3.63, 3.8) is 0 Å². The van der Waals surface area contributed by atoms with Gasteiger partial charge in [0.1, 0.15) is 5.56 Å². The first-order valence-corrected chi connectivity index (χ1v) is 6.79. The average molecular weight is 277 g/mol. The van der Waals surface area contributed by atoms with Gasteiger partial charge in [0.15, 0.2) is 0 Å². The van der Waals surface area contributed by atoms with E-state index in [9.17, 15) is 14.9 Å². The molecule has 20 heavy (non-hydrogen) atoms. The maximum atomic E-state index is 12.2. The molecule has 1 aromatic rings. The lowest BCUT2D eigenvalue weighted by Crippen LogP contribution is -2.40. The zero-order valence-electron chi connectivity index (χ0n) is 11.5. The number of nitrogens with two attached hydrogens (primary N) is 1. The van der Waals surface area contributed by atoms with E-state index in [2.05, 4.69) is 5.32 Å². The molecule has 1 aromatic carbocycles. The van der Waals surface area contributed by atoms with Crippen molar-refractivity contribution in [1.29, 1.82) is 0 Å². The predicted octanol–water partition coefficient (Wildman–Crippen LogP) is 1.90. The molecule has 0 unspecified atom stereocenters. The minimum absolute atomic E-state index is 0.0578. The maximum Gasteiger partial charge on any atom is 0.282 e. The summed E-state index contributed by atoms with van der Waals surface area (Å²) >= 11 is 0. The molecule has 0 aliphatic heterocycles. The first-order chi connectivity index (χ1) is 9.47. The van der Waals surface area contributed by atoms with Crippen LogP contribution < -0.4 is 11.1 Å². The van der Waals surface area contributed by atoms with E-state index < -0.39 is 4.92 Å². The van der Waals surface area contributed by atoms with Gasteiger partial charge in [0.05, 0.1) is 4.92 Å². The van der Waals surface area contributed by atoms with Crippen molar-refractivity contribution in [2.75, 3.05) is 0 Å². The van der Waals surface area contributed by atoms with Gasteiger partial charge in [0.25, 0.3) is 11.6 Å². The van der Waals surface area contributed by atoms with Crippen LogP contribution in [0, 0.1) is 17.0 Å². The Morgan fingerprint density at radius 3 is 2.60 bits per heavy atom. The number of carbonyl (C=O) groups excluding carboxylic acids is 1. The van der Waals surface area contributed by atoms with Crippen molar-refractivity contribution in [2.45, 2.75) is 44.7 Å². The Morgan fingerprint density at radius 2 is 2.00 bits per heavy atom. The van der Waals surface area contributed by atoms with Gasteiger partial charge in [0, 0.05) is 18.2 Å². The molecule has 6 nitrogen and oxygen atoms in total. The van der Waals surface area contributed by atoms with E-state index in [1.807, 2.05) is 0 Å². The van der Waals surface area contributed by atoms with Crippen molar-refractivity contribution < 1.29 is 9.72 Å². The topological polar surface area (TPSA) is 98.3 Å². The molecular formula is C14H19N3O3. The minimum atomic E-state index is -0.523. The molecule has 3 N–H and O–H groups in total. The molecule has 0 atom stereocenters. The summed E-state index contributed by atoms with van der Waals surface area (Å²) in [6.07, 6.45) is 3.40. The SMILES string of the molecule is Cc1ccc([N+](=O)[O-])c(C(=O)NC2CCC(N)CC2)c1. The number of amides is 1. The summed E-state index contributed by atoms with van der Waals surface area (Å²) in [6, 6.07) is 4.83. The Labute approximate surface area is 117 Å². The van der Waals surface area contributed by atoms with E-state index >= 15 is 0 Å². The van der Waals surface area contributed by atoms with Gasteiger partial charge in [-0.2, -0.15) is 0 Å². The Balaban J connectivity index is 2.12. The van der Waals surface area contributed by atoms with Crippen LogP contribution in [0.1, 0.15) is 41.6 Å². The van der Waals surface area contributed by atoms with Gasteiger partial charge in [0.2, 0.25) is 0 Å². The summed E-state index contributed by atoms with van der Waals surface area (Å²) in [7, 11) is 0. The molecule has 108 valence electrons. The highest BCUT2D eigenvalue weighted by Gasteiger charge is 2.24. The summed E-state index contributed by atoms with van der Waals surface area (Å²) in [5, 5.41) is 13.9.